The maximum Gasteiger partial charge on any atom is 0.148 e. The van der Waals surface area contributed by atoms with E-state index in [4.69, 9.17) is 0 Å². The van der Waals surface area contributed by atoms with Crippen molar-refractivity contribution >= 4 is 23.3 Å². The molecule has 4 aromatic heterocycles. The van der Waals surface area contributed by atoms with E-state index in [0.717, 1.165) is 29.7 Å². The number of benzene rings is 2. The monoisotopic (exact) mass is 688 g/mol. The van der Waals surface area contributed by atoms with Gasteiger partial charge in [0.25, 0.3) is 0 Å². The smallest absolute Gasteiger partial charge is 0.148 e. The van der Waals surface area contributed by atoms with Gasteiger partial charge in [0.1, 0.15) is 23.3 Å². The van der Waals surface area contributed by atoms with Gasteiger partial charge in [-0.1, -0.05) is 0 Å². The fourth-order valence-electron chi connectivity index (χ4n) is 7.30. The van der Waals surface area contributed by atoms with E-state index >= 15 is 0 Å². The molecule has 268 valence electrons. The Morgan fingerprint density at radius 3 is 0.784 bits per heavy atom. The molecule has 0 amide bonds. The molecule has 0 aliphatic heterocycles. The first-order valence-electron chi connectivity index (χ1n) is 17.5. The van der Waals surface area contributed by atoms with Crippen LogP contribution in [0.1, 0.15) is 66.8 Å². The minimum Gasteiger partial charge on any atom is -0.365 e. The van der Waals surface area contributed by atoms with Crippen molar-refractivity contribution < 1.29 is 0 Å². The second kappa shape index (κ2) is 14.8. The molecule has 2 aromatic carbocycles. The summed E-state index contributed by atoms with van der Waals surface area (Å²) < 4.78 is 7.31. The summed E-state index contributed by atoms with van der Waals surface area (Å²) in [5.74, 6) is 3.47. The van der Waals surface area contributed by atoms with Gasteiger partial charge in [0.15, 0.2) is 0 Å². The molecule has 0 saturated heterocycles. The summed E-state index contributed by atoms with van der Waals surface area (Å²) >= 11 is 0. The van der Waals surface area contributed by atoms with Crippen molar-refractivity contribution in [2.24, 2.45) is 28.2 Å². The van der Waals surface area contributed by atoms with Crippen molar-refractivity contribution in [2.75, 3.05) is 21.3 Å². The van der Waals surface area contributed by atoms with Crippen LogP contribution in [0.15, 0.2) is 49.1 Å². The minimum atomic E-state index is 0.683. The first-order chi connectivity index (χ1) is 24.4. The summed E-state index contributed by atoms with van der Waals surface area (Å²) in [6.45, 7) is 16.4. The second-order valence-electron chi connectivity index (χ2n) is 13.7. The van der Waals surface area contributed by atoms with Crippen molar-refractivity contribution in [3.63, 3.8) is 0 Å². The van der Waals surface area contributed by atoms with E-state index in [1.54, 1.807) is 0 Å². The summed E-state index contributed by atoms with van der Waals surface area (Å²) in [5.41, 5.74) is 15.8. The van der Waals surface area contributed by atoms with Gasteiger partial charge in [-0.3, -0.25) is 18.7 Å². The largest absolute Gasteiger partial charge is 0.365 e. The van der Waals surface area contributed by atoms with E-state index in [1.807, 2.05) is 96.0 Å². The Kier molecular flexibility index (Phi) is 10.2. The molecule has 0 aliphatic rings. The zero-order valence-electron chi connectivity index (χ0n) is 31.7. The highest BCUT2D eigenvalue weighted by Crippen LogP contribution is 2.35. The van der Waals surface area contributed by atoms with Crippen LogP contribution < -0.4 is 21.3 Å². The molecule has 0 fully saturated rings. The Hall–Kier alpha value is -5.52. The lowest BCUT2D eigenvalue weighted by Gasteiger charge is -2.26. The SMILES string of the molecule is Cc1c(CNc2ccn(C)n2)c(C)c(Cc2c(C)c(CNc3ccn(C)n3)c(C)c(CNc3ccn(C)n3)c2C)c(C)c1CNc1ccn(C)n1. The first-order valence-corrected chi connectivity index (χ1v) is 17.5. The summed E-state index contributed by atoms with van der Waals surface area (Å²) in [4.78, 5) is 0. The highest BCUT2D eigenvalue weighted by Gasteiger charge is 2.22. The number of rotatable bonds is 14. The summed E-state index contributed by atoms with van der Waals surface area (Å²) in [6.07, 6.45) is 8.68. The lowest BCUT2D eigenvalue weighted by atomic mass is 9.81. The topological polar surface area (TPSA) is 119 Å². The third kappa shape index (κ3) is 7.64. The Bertz CT molecular complexity index is 1860. The molecule has 0 spiro atoms. The zero-order valence-corrected chi connectivity index (χ0v) is 31.7. The fourth-order valence-corrected chi connectivity index (χ4v) is 7.30. The molecule has 0 unspecified atom stereocenters. The molecule has 51 heavy (non-hydrogen) atoms. The van der Waals surface area contributed by atoms with Crippen LogP contribution in [0.25, 0.3) is 0 Å². The van der Waals surface area contributed by atoms with Gasteiger partial charge in [0, 0.05) is 103 Å². The first kappa shape index (κ1) is 35.3. The number of hydrogen-bond donors (Lipinski definition) is 4. The molecule has 6 aromatic rings. The minimum absolute atomic E-state index is 0.683. The normalized spacial score (nSPS) is 11.3. The number of nitrogens with zero attached hydrogens (tertiary/aromatic N) is 8. The second-order valence-corrected chi connectivity index (χ2v) is 13.7. The molecular weight excluding hydrogens is 637 g/mol. The average Bonchev–Trinajstić information content (AvgIpc) is 3.90. The molecule has 0 bridgehead atoms. The molecule has 12 heteroatoms. The number of aryl methyl sites for hydroxylation is 4. The Morgan fingerprint density at radius 1 is 0.373 bits per heavy atom. The highest BCUT2D eigenvalue weighted by molar-refractivity contribution is 5.58. The highest BCUT2D eigenvalue weighted by atomic mass is 15.3. The van der Waals surface area contributed by atoms with Crippen molar-refractivity contribution in [1.29, 1.82) is 0 Å². The lowest BCUT2D eigenvalue weighted by molar-refractivity contribution is 0.767. The molecule has 6 rings (SSSR count). The Balaban J connectivity index is 1.43. The molecule has 4 heterocycles. The molecule has 0 atom stereocenters. The van der Waals surface area contributed by atoms with Crippen molar-refractivity contribution in [1.82, 2.24) is 39.1 Å². The predicted molar refractivity (Wildman–Crippen MR) is 206 cm³/mol. The van der Waals surface area contributed by atoms with Crippen molar-refractivity contribution in [2.45, 2.75) is 74.1 Å². The van der Waals surface area contributed by atoms with Crippen LogP contribution in [0.4, 0.5) is 23.3 Å². The van der Waals surface area contributed by atoms with Crippen molar-refractivity contribution in [3.8, 4) is 0 Å². The lowest BCUT2D eigenvalue weighted by Crippen LogP contribution is -2.17. The van der Waals surface area contributed by atoms with Crippen molar-refractivity contribution in [3.05, 3.63) is 116 Å². The van der Waals surface area contributed by atoms with Crippen LogP contribution in [-0.4, -0.2) is 39.1 Å². The molecule has 0 saturated carbocycles. The van der Waals surface area contributed by atoms with E-state index in [1.165, 1.54) is 66.8 Å². The van der Waals surface area contributed by atoms with E-state index in [-0.39, 0.29) is 0 Å². The fraction of sp³-hybridized carbons (Fsp3) is 0.385. The van der Waals surface area contributed by atoms with E-state index < -0.39 is 0 Å². The van der Waals surface area contributed by atoms with Crippen LogP contribution in [0.3, 0.4) is 0 Å². The molecule has 12 nitrogen and oxygen atoms in total. The number of nitrogens with one attached hydrogen (secondary N) is 4. The van der Waals surface area contributed by atoms with Crippen LogP contribution in [0.5, 0.6) is 0 Å². The predicted octanol–water partition coefficient (Wildman–Crippen LogP) is 6.51. The van der Waals surface area contributed by atoms with E-state index in [0.29, 0.717) is 26.2 Å². The van der Waals surface area contributed by atoms with Gasteiger partial charge in [-0.05, 0) is 115 Å². The van der Waals surface area contributed by atoms with Crippen LogP contribution in [0.2, 0.25) is 0 Å². The maximum atomic E-state index is 4.58. The quantitative estimate of drug-likeness (QED) is 0.102. The Labute approximate surface area is 301 Å². The standard InChI is InChI=1S/C39H52N12/c1-24-30(25(2)33(21-41-37-12-16-49(8)45-37)28(5)32(24)20-40-36-11-15-48(7)44-36)19-31-26(3)34(22-42-38-13-17-50(9)46-38)29(6)35(27(31)4)23-43-39-14-18-51(10)47-39/h11-18H,19-23H2,1-10H3,(H,40,44)(H,41,45)(H,42,46)(H,43,47). The molecular formula is C39H52N12. The summed E-state index contributed by atoms with van der Waals surface area (Å²) in [7, 11) is 7.78. The number of hydrogen-bond acceptors (Lipinski definition) is 8. The zero-order chi connectivity index (χ0) is 36.4. The third-order valence-electron chi connectivity index (χ3n) is 10.4. The summed E-state index contributed by atoms with van der Waals surface area (Å²) in [6, 6.07) is 8.07. The van der Waals surface area contributed by atoms with Gasteiger partial charge < -0.3 is 21.3 Å². The number of aromatic nitrogens is 8. The molecule has 0 aliphatic carbocycles. The van der Waals surface area contributed by atoms with Crippen LogP contribution >= 0.6 is 0 Å². The van der Waals surface area contributed by atoms with Gasteiger partial charge in [-0.25, -0.2) is 0 Å². The van der Waals surface area contributed by atoms with Gasteiger partial charge in [0.05, 0.1) is 0 Å². The number of anilines is 4. The van der Waals surface area contributed by atoms with E-state index in [2.05, 4.69) is 83.2 Å². The molecule has 0 radical (unpaired) electrons. The molecule has 4 N–H and O–H groups in total. The summed E-state index contributed by atoms with van der Waals surface area (Å²) in [5, 5.41) is 32.7. The van der Waals surface area contributed by atoms with Crippen LogP contribution in [0, 0.1) is 41.5 Å². The van der Waals surface area contributed by atoms with Gasteiger partial charge in [-0.2, -0.15) is 20.4 Å². The van der Waals surface area contributed by atoms with Gasteiger partial charge in [0.2, 0.25) is 0 Å². The third-order valence-corrected chi connectivity index (χ3v) is 10.4. The average molecular weight is 689 g/mol. The van der Waals surface area contributed by atoms with Crippen LogP contribution in [-0.2, 0) is 60.8 Å². The van der Waals surface area contributed by atoms with Gasteiger partial charge in [-0.15, -0.1) is 0 Å². The maximum absolute atomic E-state index is 4.58. The Morgan fingerprint density at radius 2 is 0.588 bits per heavy atom. The van der Waals surface area contributed by atoms with Gasteiger partial charge >= 0.3 is 0 Å². The van der Waals surface area contributed by atoms with E-state index in [9.17, 15) is 0 Å².